The molecule has 0 radical (unpaired) electrons. The molecule has 0 aliphatic carbocycles. The van der Waals surface area contributed by atoms with E-state index in [1.807, 2.05) is 24.3 Å². The van der Waals surface area contributed by atoms with Crippen LogP contribution in [-0.4, -0.2) is 22.9 Å². The lowest BCUT2D eigenvalue weighted by molar-refractivity contribution is 0.432. The number of aromatic nitrogens is 2. The summed E-state index contributed by atoms with van der Waals surface area (Å²) in [6.45, 7) is 0.756. The van der Waals surface area contributed by atoms with Gasteiger partial charge in [-0.1, -0.05) is 24.3 Å². The zero-order chi connectivity index (χ0) is 12.8. The van der Waals surface area contributed by atoms with Gasteiger partial charge in [-0.3, -0.25) is 5.10 Å². The molecule has 0 atom stereocenters. The monoisotopic (exact) mass is 264 g/mol. The number of anilines is 1. The Morgan fingerprint density at radius 1 is 1.22 bits per heavy atom. The van der Waals surface area contributed by atoms with Crippen LogP contribution in [-0.2, 0) is 23.1 Å². The molecular weight excluding hydrogens is 252 g/mol. The number of aromatic amines is 1. The average molecular weight is 264 g/mol. The van der Waals surface area contributed by atoms with Crippen LogP contribution < -0.4 is 5.73 Å². The summed E-state index contributed by atoms with van der Waals surface area (Å²) in [4.78, 5) is 0.0373. The molecule has 94 valence electrons. The van der Waals surface area contributed by atoms with E-state index in [1.165, 1.54) is 10.5 Å². The minimum absolute atomic E-state index is 0.0373. The Kier molecular flexibility index (Phi) is 2.39. The summed E-state index contributed by atoms with van der Waals surface area (Å²) in [5.74, 6) is 0.0750. The Bertz CT molecular complexity index is 668. The van der Waals surface area contributed by atoms with E-state index in [1.54, 1.807) is 0 Å². The number of nitrogen functional groups attached to an aromatic ring is 1. The number of sulfonamides is 1. The first-order valence-corrected chi connectivity index (χ1v) is 6.89. The molecule has 0 saturated heterocycles. The topological polar surface area (TPSA) is 92.1 Å². The molecule has 2 heterocycles. The lowest BCUT2D eigenvalue weighted by atomic mass is 10.1. The van der Waals surface area contributed by atoms with Gasteiger partial charge in [0, 0.05) is 13.1 Å². The standard InChI is InChI=1S/C11H12N4O2S/c12-11-10(5-13-14-11)18(16,17)15-6-8-3-1-2-4-9(8)7-15/h1-5H,6-7H2,(H3,12,13,14). The van der Waals surface area contributed by atoms with Gasteiger partial charge < -0.3 is 5.73 Å². The first-order chi connectivity index (χ1) is 8.59. The van der Waals surface area contributed by atoms with E-state index in [9.17, 15) is 8.42 Å². The smallest absolute Gasteiger partial charge is 0.248 e. The highest BCUT2D eigenvalue weighted by Gasteiger charge is 2.32. The molecule has 18 heavy (non-hydrogen) atoms. The maximum absolute atomic E-state index is 12.4. The summed E-state index contributed by atoms with van der Waals surface area (Å²) < 4.78 is 26.1. The van der Waals surface area contributed by atoms with Gasteiger partial charge in [-0.2, -0.15) is 9.40 Å². The zero-order valence-corrected chi connectivity index (χ0v) is 10.3. The maximum atomic E-state index is 12.4. The summed E-state index contributed by atoms with van der Waals surface area (Å²) in [6.07, 6.45) is 1.24. The number of nitrogens with zero attached hydrogens (tertiary/aromatic N) is 2. The van der Waals surface area contributed by atoms with Crippen molar-refractivity contribution in [3.05, 3.63) is 41.6 Å². The molecule has 1 aromatic carbocycles. The third-order valence-electron chi connectivity index (χ3n) is 3.06. The Labute approximate surface area is 104 Å². The van der Waals surface area contributed by atoms with E-state index in [2.05, 4.69) is 10.2 Å². The second kappa shape index (κ2) is 3.82. The highest BCUT2D eigenvalue weighted by Crippen LogP contribution is 2.29. The van der Waals surface area contributed by atoms with Crippen LogP contribution in [0.15, 0.2) is 35.4 Å². The molecule has 3 N–H and O–H groups in total. The van der Waals surface area contributed by atoms with Gasteiger partial charge in [-0.25, -0.2) is 8.42 Å². The number of hydrogen-bond acceptors (Lipinski definition) is 4. The first-order valence-electron chi connectivity index (χ1n) is 5.45. The zero-order valence-electron chi connectivity index (χ0n) is 9.50. The molecule has 1 aliphatic heterocycles. The predicted molar refractivity (Wildman–Crippen MR) is 65.9 cm³/mol. The first kappa shape index (κ1) is 11.2. The lowest BCUT2D eigenvalue weighted by Crippen LogP contribution is -2.26. The molecule has 3 rings (SSSR count). The second-order valence-electron chi connectivity index (χ2n) is 4.19. The summed E-state index contributed by atoms with van der Waals surface area (Å²) in [5.41, 5.74) is 7.64. The Hall–Kier alpha value is -1.86. The number of nitrogens with two attached hydrogens (primary N) is 1. The maximum Gasteiger partial charge on any atom is 0.248 e. The van der Waals surface area contributed by atoms with E-state index >= 15 is 0 Å². The van der Waals surface area contributed by atoms with Crippen LogP contribution in [0.3, 0.4) is 0 Å². The van der Waals surface area contributed by atoms with Crippen LogP contribution in [0.2, 0.25) is 0 Å². The molecule has 6 nitrogen and oxygen atoms in total. The largest absolute Gasteiger partial charge is 0.383 e. The Morgan fingerprint density at radius 2 is 1.83 bits per heavy atom. The molecule has 1 aliphatic rings. The van der Waals surface area contributed by atoms with Gasteiger partial charge in [0.15, 0.2) is 0 Å². The summed E-state index contributed by atoms with van der Waals surface area (Å²) >= 11 is 0. The van der Waals surface area contributed by atoms with Crippen LogP contribution in [0.5, 0.6) is 0 Å². The number of hydrogen-bond donors (Lipinski definition) is 2. The van der Waals surface area contributed by atoms with Gasteiger partial charge >= 0.3 is 0 Å². The van der Waals surface area contributed by atoms with Crippen molar-refractivity contribution >= 4 is 15.8 Å². The molecule has 7 heteroatoms. The van der Waals surface area contributed by atoms with Crippen LogP contribution >= 0.6 is 0 Å². The number of nitrogens with one attached hydrogen (secondary N) is 1. The lowest BCUT2D eigenvalue weighted by Gasteiger charge is -2.14. The van der Waals surface area contributed by atoms with E-state index in [4.69, 9.17) is 5.73 Å². The highest BCUT2D eigenvalue weighted by molar-refractivity contribution is 7.89. The van der Waals surface area contributed by atoms with Gasteiger partial charge in [0.2, 0.25) is 10.0 Å². The fourth-order valence-corrected chi connectivity index (χ4v) is 3.51. The molecule has 1 aromatic heterocycles. The van der Waals surface area contributed by atoms with Crippen molar-refractivity contribution in [2.45, 2.75) is 18.0 Å². The average Bonchev–Trinajstić information content (AvgIpc) is 2.94. The van der Waals surface area contributed by atoms with Gasteiger partial charge in [0.1, 0.15) is 10.7 Å². The summed E-state index contributed by atoms with van der Waals surface area (Å²) in [5, 5.41) is 6.09. The number of fused-ring (bicyclic) bond motifs is 1. The van der Waals surface area contributed by atoms with Crippen molar-refractivity contribution < 1.29 is 8.42 Å². The molecule has 0 spiro atoms. The molecule has 0 unspecified atom stereocenters. The van der Waals surface area contributed by atoms with Gasteiger partial charge in [0.05, 0.1) is 6.20 Å². The minimum atomic E-state index is -3.58. The van der Waals surface area contributed by atoms with E-state index in [-0.39, 0.29) is 10.7 Å². The molecular formula is C11H12N4O2S. The number of benzene rings is 1. The van der Waals surface area contributed by atoms with Crippen molar-refractivity contribution in [3.63, 3.8) is 0 Å². The van der Waals surface area contributed by atoms with Crippen LogP contribution in [0.1, 0.15) is 11.1 Å². The fraction of sp³-hybridized carbons (Fsp3) is 0.182. The van der Waals surface area contributed by atoms with E-state index in [0.29, 0.717) is 13.1 Å². The van der Waals surface area contributed by atoms with E-state index < -0.39 is 10.0 Å². The van der Waals surface area contributed by atoms with Gasteiger partial charge in [0.25, 0.3) is 0 Å². The third kappa shape index (κ3) is 1.59. The van der Waals surface area contributed by atoms with Gasteiger partial charge in [-0.15, -0.1) is 0 Å². The third-order valence-corrected chi connectivity index (χ3v) is 4.88. The fourth-order valence-electron chi connectivity index (χ4n) is 2.10. The second-order valence-corrected chi connectivity index (χ2v) is 6.10. The molecule has 0 saturated carbocycles. The Morgan fingerprint density at radius 3 is 2.33 bits per heavy atom. The highest BCUT2D eigenvalue weighted by atomic mass is 32.2. The Balaban J connectivity index is 1.98. The SMILES string of the molecule is Nc1[nH]ncc1S(=O)(=O)N1Cc2ccccc2C1. The van der Waals surface area contributed by atoms with Crippen molar-refractivity contribution in [2.24, 2.45) is 0 Å². The summed E-state index contributed by atoms with van der Waals surface area (Å²) in [7, 11) is -3.58. The normalized spacial score (nSPS) is 15.8. The van der Waals surface area contributed by atoms with Crippen molar-refractivity contribution in [3.8, 4) is 0 Å². The van der Waals surface area contributed by atoms with E-state index in [0.717, 1.165) is 11.1 Å². The molecule has 2 aromatic rings. The molecule has 0 bridgehead atoms. The predicted octanol–water partition coefficient (Wildman–Crippen LogP) is 0.696. The van der Waals surface area contributed by atoms with Crippen molar-refractivity contribution in [1.82, 2.24) is 14.5 Å². The van der Waals surface area contributed by atoms with Gasteiger partial charge in [-0.05, 0) is 11.1 Å². The van der Waals surface area contributed by atoms with Crippen LogP contribution in [0.25, 0.3) is 0 Å². The molecule has 0 fully saturated rings. The van der Waals surface area contributed by atoms with Crippen LogP contribution in [0, 0.1) is 0 Å². The molecule has 0 amide bonds. The number of rotatable bonds is 2. The number of H-pyrrole nitrogens is 1. The van der Waals surface area contributed by atoms with Crippen molar-refractivity contribution in [2.75, 3.05) is 5.73 Å². The van der Waals surface area contributed by atoms with Crippen LogP contribution in [0.4, 0.5) is 5.82 Å². The summed E-state index contributed by atoms with van der Waals surface area (Å²) in [6, 6.07) is 7.68. The van der Waals surface area contributed by atoms with Crippen molar-refractivity contribution in [1.29, 1.82) is 0 Å². The minimum Gasteiger partial charge on any atom is -0.383 e. The quantitative estimate of drug-likeness (QED) is 0.835.